The number of fused-ring (bicyclic) bond motifs is 1. The van der Waals surface area contributed by atoms with E-state index in [1.165, 1.54) is 24.8 Å². The summed E-state index contributed by atoms with van der Waals surface area (Å²) >= 11 is 0. The van der Waals surface area contributed by atoms with Gasteiger partial charge in [0, 0.05) is 11.8 Å². The van der Waals surface area contributed by atoms with E-state index in [0.717, 1.165) is 6.42 Å². The monoisotopic (exact) mass is 220 g/mol. The summed E-state index contributed by atoms with van der Waals surface area (Å²) < 4.78 is 0. The van der Waals surface area contributed by atoms with Crippen molar-refractivity contribution in [3.8, 4) is 0 Å². The van der Waals surface area contributed by atoms with Crippen molar-refractivity contribution >= 4 is 5.78 Å². The van der Waals surface area contributed by atoms with Crippen LogP contribution in [-0.2, 0) is 4.79 Å². The van der Waals surface area contributed by atoms with Crippen molar-refractivity contribution in [3.63, 3.8) is 0 Å². The third kappa shape index (κ3) is 1.74. The van der Waals surface area contributed by atoms with Crippen LogP contribution in [-0.4, -0.2) is 5.78 Å². The van der Waals surface area contributed by atoms with Crippen molar-refractivity contribution in [2.45, 2.75) is 53.4 Å². The highest BCUT2D eigenvalue weighted by Gasteiger charge is 2.47. The lowest BCUT2D eigenvalue weighted by Crippen LogP contribution is -2.45. The second-order valence-corrected chi connectivity index (χ2v) is 6.37. The van der Waals surface area contributed by atoms with E-state index in [9.17, 15) is 4.79 Å². The molecule has 0 aromatic heterocycles. The number of rotatable bonds is 1. The molecule has 0 bridgehead atoms. The standard InChI is InChI=1S/C15H24O/c1-10(2)12-7-9-15(4)8-5-6-11(3)13(15)14(12)16/h6,10,12-13H,5,7-9H2,1-4H3/t12-,13-,15-/m1/s1. The van der Waals surface area contributed by atoms with Crippen LogP contribution in [0.4, 0.5) is 0 Å². The molecule has 0 radical (unpaired) electrons. The van der Waals surface area contributed by atoms with Gasteiger partial charge in [-0.1, -0.05) is 32.4 Å². The molecule has 0 aliphatic heterocycles. The summed E-state index contributed by atoms with van der Waals surface area (Å²) in [7, 11) is 0. The molecule has 1 fully saturated rings. The van der Waals surface area contributed by atoms with Crippen LogP contribution in [0.5, 0.6) is 0 Å². The minimum absolute atomic E-state index is 0.224. The maximum atomic E-state index is 12.6. The highest BCUT2D eigenvalue weighted by molar-refractivity contribution is 5.88. The predicted molar refractivity (Wildman–Crippen MR) is 67.2 cm³/mol. The number of allylic oxidation sites excluding steroid dienone is 2. The Balaban J connectivity index is 2.31. The fourth-order valence-corrected chi connectivity index (χ4v) is 3.78. The van der Waals surface area contributed by atoms with Crippen LogP contribution in [0.15, 0.2) is 11.6 Å². The fraction of sp³-hybridized carbons (Fsp3) is 0.800. The predicted octanol–water partition coefficient (Wildman–Crippen LogP) is 3.98. The number of Topliss-reactive ketones (excluding diaryl/α,β-unsaturated/α-hetero) is 1. The lowest BCUT2D eigenvalue weighted by atomic mass is 9.56. The average molecular weight is 220 g/mol. The van der Waals surface area contributed by atoms with Gasteiger partial charge in [-0.25, -0.2) is 0 Å². The van der Waals surface area contributed by atoms with Crippen LogP contribution in [0.25, 0.3) is 0 Å². The van der Waals surface area contributed by atoms with E-state index in [2.05, 4.69) is 33.8 Å². The van der Waals surface area contributed by atoms with E-state index in [0.29, 0.717) is 17.6 Å². The Morgan fingerprint density at radius 3 is 2.69 bits per heavy atom. The third-order valence-electron chi connectivity index (χ3n) is 4.82. The van der Waals surface area contributed by atoms with Gasteiger partial charge in [-0.2, -0.15) is 0 Å². The summed E-state index contributed by atoms with van der Waals surface area (Å²) in [5.41, 5.74) is 1.60. The van der Waals surface area contributed by atoms with E-state index >= 15 is 0 Å². The first-order chi connectivity index (χ1) is 7.46. The van der Waals surface area contributed by atoms with Crippen molar-refractivity contribution in [2.24, 2.45) is 23.2 Å². The highest BCUT2D eigenvalue weighted by Crippen LogP contribution is 2.51. The number of carbonyl (C=O) groups is 1. The summed E-state index contributed by atoms with van der Waals surface area (Å²) in [6, 6.07) is 0. The summed E-state index contributed by atoms with van der Waals surface area (Å²) in [6.07, 6.45) is 6.99. The minimum atomic E-state index is 0.224. The number of hydrogen-bond acceptors (Lipinski definition) is 1. The van der Waals surface area contributed by atoms with Gasteiger partial charge in [0.25, 0.3) is 0 Å². The minimum Gasteiger partial charge on any atom is -0.299 e. The van der Waals surface area contributed by atoms with Gasteiger partial charge >= 0.3 is 0 Å². The Hall–Kier alpha value is -0.590. The first kappa shape index (κ1) is 11.9. The van der Waals surface area contributed by atoms with E-state index in [-0.39, 0.29) is 11.3 Å². The van der Waals surface area contributed by atoms with Gasteiger partial charge in [-0.05, 0) is 43.9 Å². The summed E-state index contributed by atoms with van der Waals surface area (Å²) in [6.45, 7) is 8.85. The van der Waals surface area contributed by atoms with Gasteiger partial charge in [0.2, 0.25) is 0 Å². The summed E-state index contributed by atoms with van der Waals surface area (Å²) in [4.78, 5) is 12.6. The Labute approximate surface area is 99.3 Å². The van der Waals surface area contributed by atoms with Crippen molar-refractivity contribution < 1.29 is 4.79 Å². The van der Waals surface area contributed by atoms with Gasteiger partial charge in [0.05, 0.1) is 0 Å². The van der Waals surface area contributed by atoms with Gasteiger partial charge in [0.15, 0.2) is 0 Å². The normalized spacial score (nSPS) is 39.6. The van der Waals surface area contributed by atoms with Crippen LogP contribution in [0.2, 0.25) is 0 Å². The van der Waals surface area contributed by atoms with Crippen molar-refractivity contribution in [1.29, 1.82) is 0 Å². The molecule has 3 atom stereocenters. The Bertz CT molecular complexity index is 326. The maximum absolute atomic E-state index is 12.6. The van der Waals surface area contributed by atoms with Gasteiger partial charge < -0.3 is 0 Å². The quantitative estimate of drug-likeness (QED) is 0.611. The summed E-state index contributed by atoms with van der Waals surface area (Å²) in [5, 5.41) is 0. The van der Waals surface area contributed by atoms with Gasteiger partial charge in [0.1, 0.15) is 5.78 Å². The smallest absolute Gasteiger partial charge is 0.143 e. The van der Waals surface area contributed by atoms with Gasteiger partial charge in [-0.15, -0.1) is 0 Å². The van der Waals surface area contributed by atoms with Crippen molar-refractivity contribution in [1.82, 2.24) is 0 Å². The molecule has 0 unspecified atom stereocenters. The van der Waals surface area contributed by atoms with Crippen LogP contribution in [0.3, 0.4) is 0 Å². The van der Waals surface area contributed by atoms with Crippen LogP contribution in [0, 0.1) is 23.2 Å². The number of ketones is 1. The van der Waals surface area contributed by atoms with E-state index < -0.39 is 0 Å². The van der Waals surface area contributed by atoms with Crippen molar-refractivity contribution in [2.75, 3.05) is 0 Å². The fourth-order valence-electron chi connectivity index (χ4n) is 3.78. The number of hydrogen-bond donors (Lipinski definition) is 0. The molecular formula is C15H24O. The first-order valence-corrected chi connectivity index (χ1v) is 6.66. The van der Waals surface area contributed by atoms with Gasteiger partial charge in [-0.3, -0.25) is 4.79 Å². The highest BCUT2D eigenvalue weighted by atomic mass is 16.1. The molecule has 16 heavy (non-hydrogen) atoms. The summed E-state index contributed by atoms with van der Waals surface area (Å²) in [5.74, 6) is 1.56. The molecule has 90 valence electrons. The third-order valence-corrected chi connectivity index (χ3v) is 4.82. The van der Waals surface area contributed by atoms with Crippen LogP contribution in [0.1, 0.15) is 53.4 Å². The molecule has 0 amide bonds. The van der Waals surface area contributed by atoms with Crippen LogP contribution < -0.4 is 0 Å². The maximum Gasteiger partial charge on any atom is 0.143 e. The molecule has 2 aliphatic rings. The lowest BCUT2D eigenvalue weighted by molar-refractivity contribution is -0.135. The molecule has 1 saturated carbocycles. The lowest BCUT2D eigenvalue weighted by Gasteiger charge is -2.47. The molecular weight excluding hydrogens is 196 g/mol. The zero-order valence-corrected chi connectivity index (χ0v) is 11.0. The largest absolute Gasteiger partial charge is 0.299 e. The Morgan fingerprint density at radius 1 is 1.38 bits per heavy atom. The van der Waals surface area contributed by atoms with Crippen molar-refractivity contribution in [3.05, 3.63) is 11.6 Å². The average Bonchev–Trinajstić information content (AvgIpc) is 2.16. The Kier molecular flexibility index (Phi) is 2.98. The van der Waals surface area contributed by atoms with E-state index in [4.69, 9.17) is 0 Å². The second kappa shape index (κ2) is 4.01. The molecule has 0 saturated heterocycles. The first-order valence-electron chi connectivity index (χ1n) is 6.66. The topological polar surface area (TPSA) is 17.1 Å². The molecule has 0 N–H and O–H groups in total. The molecule has 2 rings (SSSR count). The molecule has 2 aliphatic carbocycles. The molecule has 0 heterocycles. The molecule has 1 heteroatoms. The molecule has 0 aromatic carbocycles. The SMILES string of the molecule is CC1=CCC[C@]2(C)CC[C@H](C(C)C)C(=O)[C@@H]12. The molecule has 0 aromatic rings. The Morgan fingerprint density at radius 2 is 2.06 bits per heavy atom. The van der Waals surface area contributed by atoms with Crippen LogP contribution >= 0.6 is 0 Å². The molecule has 0 spiro atoms. The molecule has 1 nitrogen and oxygen atoms in total. The van der Waals surface area contributed by atoms with E-state index in [1.54, 1.807) is 0 Å². The number of carbonyl (C=O) groups excluding carboxylic acids is 1. The van der Waals surface area contributed by atoms with E-state index in [1.807, 2.05) is 0 Å². The zero-order chi connectivity index (χ0) is 11.9. The second-order valence-electron chi connectivity index (χ2n) is 6.37. The zero-order valence-electron chi connectivity index (χ0n) is 11.0.